The van der Waals surface area contributed by atoms with Crippen LogP contribution in [0.4, 0.5) is 0 Å². The van der Waals surface area contributed by atoms with Gasteiger partial charge in [0.15, 0.2) is 0 Å². The van der Waals surface area contributed by atoms with Crippen molar-refractivity contribution >= 4 is 86.0 Å². The summed E-state index contributed by atoms with van der Waals surface area (Å²) < 4.78 is 15.4. The van der Waals surface area contributed by atoms with E-state index in [-0.39, 0.29) is 0 Å². The Labute approximate surface area is 250 Å². The summed E-state index contributed by atoms with van der Waals surface area (Å²) in [5.74, 6) is 0. The number of hydrogen-bond acceptors (Lipinski definition) is 3. The zero-order chi connectivity index (χ0) is 28.1. The summed E-state index contributed by atoms with van der Waals surface area (Å²) in [6.45, 7) is 0. The highest BCUT2D eigenvalue weighted by atomic mass is 32.1. The standard InChI is InChI=1S/C40H22O2S/c1-3-13-27-25(11-1)35(31-17-9-16-29-24-10-6-8-19-34(24)43-40(29)31)26-12-2-4-14-28(26)36(27)38-37-30-15-5-7-18-32(30)42-33(37)22-23-20-21-41-39(23)38/h1-22H. The molecule has 0 unspecified atom stereocenters. The van der Waals surface area contributed by atoms with Crippen LogP contribution >= 0.6 is 11.3 Å². The van der Waals surface area contributed by atoms with Gasteiger partial charge in [-0.2, -0.15) is 0 Å². The molecule has 3 aromatic heterocycles. The molecular formula is C40H22O2S. The number of fused-ring (bicyclic) bond motifs is 9. The van der Waals surface area contributed by atoms with Gasteiger partial charge in [-0.1, -0.05) is 103 Å². The number of benzene rings is 7. The van der Waals surface area contributed by atoms with Crippen molar-refractivity contribution in [1.29, 1.82) is 0 Å². The number of hydrogen-bond donors (Lipinski definition) is 0. The Morgan fingerprint density at radius 1 is 0.465 bits per heavy atom. The van der Waals surface area contributed by atoms with Gasteiger partial charge in [0.05, 0.1) is 6.26 Å². The summed E-state index contributed by atoms with van der Waals surface area (Å²) in [6, 6.07) is 45.7. The first-order chi connectivity index (χ1) is 21.3. The number of furan rings is 2. The van der Waals surface area contributed by atoms with Gasteiger partial charge in [-0.05, 0) is 51.4 Å². The Hall–Kier alpha value is -5.38. The summed E-state index contributed by atoms with van der Waals surface area (Å²) in [6.07, 6.45) is 1.79. The monoisotopic (exact) mass is 566 g/mol. The van der Waals surface area contributed by atoms with Gasteiger partial charge in [-0.3, -0.25) is 0 Å². The molecule has 10 aromatic rings. The van der Waals surface area contributed by atoms with E-state index in [2.05, 4.69) is 109 Å². The molecule has 0 fully saturated rings. The predicted molar refractivity (Wildman–Crippen MR) is 182 cm³/mol. The molecule has 0 bridgehead atoms. The van der Waals surface area contributed by atoms with Crippen molar-refractivity contribution in [2.24, 2.45) is 0 Å². The van der Waals surface area contributed by atoms with Crippen LogP contribution in [-0.4, -0.2) is 0 Å². The van der Waals surface area contributed by atoms with Crippen LogP contribution < -0.4 is 0 Å². The summed E-state index contributed by atoms with van der Waals surface area (Å²) in [7, 11) is 0. The third-order valence-corrected chi connectivity index (χ3v) is 10.2. The van der Waals surface area contributed by atoms with Gasteiger partial charge in [0.2, 0.25) is 0 Å². The third kappa shape index (κ3) is 3.12. The minimum Gasteiger partial charge on any atom is -0.464 e. The fourth-order valence-electron chi connectivity index (χ4n) is 7.19. The molecule has 0 aliphatic heterocycles. The van der Waals surface area contributed by atoms with E-state index in [0.717, 1.165) is 38.5 Å². The zero-order valence-electron chi connectivity index (χ0n) is 22.9. The molecular weight excluding hydrogens is 545 g/mol. The lowest BCUT2D eigenvalue weighted by Gasteiger charge is -2.19. The Balaban J connectivity index is 1.43. The molecule has 2 nitrogen and oxygen atoms in total. The first-order valence-electron chi connectivity index (χ1n) is 14.5. The van der Waals surface area contributed by atoms with Gasteiger partial charge in [0, 0.05) is 53.0 Å². The molecule has 0 saturated carbocycles. The van der Waals surface area contributed by atoms with E-state index in [0.29, 0.717) is 0 Å². The maximum Gasteiger partial charge on any atom is 0.142 e. The molecule has 3 heteroatoms. The summed E-state index contributed by atoms with van der Waals surface area (Å²) in [5.41, 5.74) is 7.44. The van der Waals surface area contributed by atoms with Gasteiger partial charge < -0.3 is 8.83 Å². The van der Waals surface area contributed by atoms with Crippen molar-refractivity contribution in [2.75, 3.05) is 0 Å². The van der Waals surface area contributed by atoms with Crippen LogP contribution in [-0.2, 0) is 0 Å². The highest BCUT2D eigenvalue weighted by Crippen LogP contribution is 2.51. The van der Waals surface area contributed by atoms with Crippen LogP contribution in [0.15, 0.2) is 142 Å². The molecule has 0 aliphatic carbocycles. The van der Waals surface area contributed by atoms with Crippen LogP contribution in [0.1, 0.15) is 0 Å². The zero-order valence-corrected chi connectivity index (χ0v) is 23.7. The van der Waals surface area contributed by atoms with Crippen molar-refractivity contribution < 1.29 is 8.83 Å². The van der Waals surface area contributed by atoms with Crippen molar-refractivity contribution in [1.82, 2.24) is 0 Å². The SMILES string of the molecule is c1ccc2c(c1)oc1cc3ccoc3c(-c3c4ccccc4c(-c4cccc5c4sc4ccccc45)c4ccccc34)c12. The average Bonchev–Trinajstić information content (AvgIpc) is 3.78. The number of rotatable bonds is 2. The quantitative estimate of drug-likeness (QED) is 0.195. The maximum absolute atomic E-state index is 6.45. The highest BCUT2D eigenvalue weighted by molar-refractivity contribution is 7.26. The van der Waals surface area contributed by atoms with Gasteiger partial charge in [-0.15, -0.1) is 11.3 Å². The average molecular weight is 567 g/mol. The maximum atomic E-state index is 6.45. The Kier molecular flexibility index (Phi) is 4.63. The number of para-hydroxylation sites is 1. The minimum atomic E-state index is 0.873. The molecule has 3 heterocycles. The lowest BCUT2D eigenvalue weighted by molar-refractivity contribution is 0.617. The van der Waals surface area contributed by atoms with Gasteiger partial charge >= 0.3 is 0 Å². The molecule has 0 N–H and O–H groups in total. The lowest BCUT2D eigenvalue weighted by Crippen LogP contribution is -1.92. The molecule has 7 aromatic carbocycles. The lowest BCUT2D eigenvalue weighted by atomic mass is 9.84. The van der Waals surface area contributed by atoms with Crippen LogP contribution in [0.3, 0.4) is 0 Å². The first-order valence-corrected chi connectivity index (χ1v) is 15.3. The summed E-state index contributed by atoms with van der Waals surface area (Å²) in [5, 5.41) is 10.7. The molecule has 0 saturated heterocycles. The van der Waals surface area contributed by atoms with E-state index in [4.69, 9.17) is 8.83 Å². The van der Waals surface area contributed by atoms with E-state index in [1.165, 1.54) is 58.4 Å². The molecule has 0 aliphatic rings. The second kappa shape index (κ2) is 8.57. The fourth-order valence-corrected chi connectivity index (χ4v) is 8.41. The van der Waals surface area contributed by atoms with Gasteiger partial charge in [0.25, 0.3) is 0 Å². The number of thiophene rings is 1. The van der Waals surface area contributed by atoms with E-state index >= 15 is 0 Å². The molecule has 43 heavy (non-hydrogen) atoms. The van der Waals surface area contributed by atoms with E-state index in [1.54, 1.807) is 6.26 Å². The predicted octanol–water partition coefficient (Wildman–Crippen LogP) is 12.3. The van der Waals surface area contributed by atoms with Crippen LogP contribution in [0.2, 0.25) is 0 Å². The second-order valence-corrected chi connectivity index (χ2v) is 12.2. The third-order valence-electron chi connectivity index (χ3n) is 8.94. The Morgan fingerprint density at radius 3 is 1.86 bits per heavy atom. The fraction of sp³-hybridized carbons (Fsp3) is 0. The normalized spacial score (nSPS) is 12.2. The molecule has 0 atom stereocenters. The van der Waals surface area contributed by atoms with E-state index in [9.17, 15) is 0 Å². The van der Waals surface area contributed by atoms with E-state index < -0.39 is 0 Å². The second-order valence-electron chi connectivity index (χ2n) is 11.2. The van der Waals surface area contributed by atoms with E-state index in [1.807, 2.05) is 29.5 Å². The smallest absolute Gasteiger partial charge is 0.142 e. The van der Waals surface area contributed by atoms with Crippen molar-refractivity contribution in [2.45, 2.75) is 0 Å². The van der Waals surface area contributed by atoms with Crippen LogP contribution in [0.25, 0.3) is 96.9 Å². The first kappa shape index (κ1) is 23.2. The van der Waals surface area contributed by atoms with Crippen molar-refractivity contribution in [3.63, 3.8) is 0 Å². The Morgan fingerprint density at radius 2 is 1.09 bits per heavy atom. The van der Waals surface area contributed by atoms with Crippen molar-refractivity contribution in [3.05, 3.63) is 134 Å². The highest BCUT2D eigenvalue weighted by Gasteiger charge is 2.24. The molecule has 0 spiro atoms. The topological polar surface area (TPSA) is 26.3 Å². The van der Waals surface area contributed by atoms with Crippen LogP contribution in [0.5, 0.6) is 0 Å². The summed E-state index contributed by atoms with van der Waals surface area (Å²) >= 11 is 1.88. The molecule has 200 valence electrons. The minimum absolute atomic E-state index is 0.873. The molecule has 0 radical (unpaired) electrons. The largest absolute Gasteiger partial charge is 0.464 e. The summed E-state index contributed by atoms with van der Waals surface area (Å²) in [4.78, 5) is 0. The van der Waals surface area contributed by atoms with Gasteiger partial charge in [-0.25, -0.2) is 0 Å². The Bertz CT molecular complexity index is 2680. The van der Waals surface area contributed by atoms with Gasteiger partial charge in [0.1, 0.15) is 16.7 Å². The van der Waals surface area contributed by atoms with Crippen molar-refractivity contribution in [3.8, 4) is 22.3 Å². The van der Waals surface area contributed by atoms with Crippen LogP contribution in [0, 0.1) is 0 Å². The molecule has 10 rings (SSSR count). The molecule has 0 amide bonds.